The summed E-state index contributed by atoms with van der Waals surface area (Å²) in [5.74, 6) is 0. The molecule has 4 heterocycles. The van der Waals surface area contributed by atoms with E-state index in [1.165, 1.54) is 127 Å². The lowest BCUT2D eigenvalue weighted by Crippen LogP contribution is -2.60. The van der Waals surface area contributed by atoms with E-state index in [9.17, 15) is 0 Å². The molecule has 2 aromatic heterocycles. The quantitative estimate of drug-likeness (QED) is 0.154. The van der Waals surface area contributed by atoms with Gasteiger partial charge in [0.15, 0.2) is 0 Å². The monoisotopic (exact) mass is 712 g/mol. The van der Waals surface area contributed by atoms with Gasteiger partial charge in [0.05, 0.1) is 11.0 Å². The van der Waals surface area contributed by atoms with Gasteiger partial charge in [0.2, 0.25) is 0 Å². The number of nitrogens with zero attached hydrogens (tertiary/aromatic N) is 2. The first-order valence-corrected chi connectivity index (χ1v) is 20.4. The van der Waals surface area contributed by atoms with Gasteiger partial charge in [-0.15, -0.1) is 11.3 Å². The largest absolute Gasteiger partial charge is 0.376 e. The molecular formula is C50H41BN2S. The molecule has 12 rings (SSSR count). The maximum Gasteiger partial charge on any atom is 0.333 e. The van der Waals surface area contributed by atoms with Crippen molar-refractivity contribution in [2.45, 2.75) is 65.2 Å². The highest BCUT2D eigenvalue weighted by Crippen LogP contribution is 2.54. The minimum Gasteiger partial charge on any atom is -0.376 e. The summed E-state index contributed by atoms with van der Waals surface area (Å²) in [6, 6.07) is 44.8. The predicted molar refractivity (Wildman–Crippen MR) is 235 cm³/mol. The zero-order chi connectivity index (χ0) is 36.4. The Labute approximate surface area is 320 Å². The molecule has 7 aromatic carbocycles. The van der Waals surface area contributed by atoms with Crippen LogP contribution in [-0.4, -0.2) is 11.4 Å². The molecule has 0 radical (unpaired) electrons. The van der Waals surface area contributed by atoms with Crippen LogP contribution in [-0.2, 0) is 10.8 Å². The van der Waals surface area contributed by atoms with Gasteiger partial charge in [-0.2, -0.15) is 0 Å². The number of hydrogen-bond donors (Lipinski definition) is 0. The summed E-state index contributed by atoms with van der Waals surface area (Å²) < 4.78 is 5.40. The van der Waals surface area contributed by atoms with E-state index in [-0.39, 0.29) is 17.7 Å². The SMILES string of the molecule is Cc1ccc(N2B3c4cc(C)ccc4-n4c5cc6c(cc5c5c7ccccc7c(c3c54)-c3c2ccc2c3sc3ccccc32)C(C)(C)CCC6(C)C)cc1. The van der Waals surface area contributed by atoms with Gasteiger partial charge >= 0.3 is 6.85 Å². The summed E-state index contributed by atoms with van der Waals surface area (Å²) in [6.45, 7) is 14.3. The van der Waals surface area contributed by atoms with Gasteiger partial charge in [-0.25, -0.2) is 0 Å². The molecule has 0 atom stereocenters. The van der Waals surface area contributed by atoms with E-state index < -0.39 is 0 Å². The third-order valence-electron chi connectivity index (χ3n) is 13.5. The van der Waals surface area contributed by atoms with Crippen LogP contribution < -0.4 is 15.7 Å². The van der Waals surface area contributed by atoms with Crippen LogP contribution in [0.2, 0.25) is 0 Å². The molecular weight excluding hydrogens is 671 g/mol. The van der Waals surface area contributed by atoms with E-state index in [1.54, 1.807) is 0 Å². The number of aryl methyl sites for hydroxylation is 2. The van der Waals surface area contributed by atoms with Crippen LogP contribution in [0, 0.1) is 13.8 Å². The lowest BCUT2D eigenvalue weighted by molar-refractivity contribution is 0.332. The zero-order valence-electron chi connectivity index (χ0n) is 31.8. The molecule has 260 valence electrons. The number of fused-ring (bicyclic) bond motifs is 16. The van der Waals surface area contributed by atoms with Gasteiger partial charge in [0, 0.05) is 53.6 Å². The fraction of sp³-hybridized carbons (Fsp3) is 0.200. The lowest BCUT2D eigenvalue weighted by Gasteiger charge is -2.43. The average molecular weight is 713 g/mol. The van der Waals surface area contributed by atoms with E-state index in [4.69, 9.17) is 0 Å². The van der Waals surface area contributed by atoms with E-state index in [0.717, 1.165) is 0 Å². The Bertz CT molecular complexity index is 3140. The van der Waals surface area contributed by atoms with E-state index >= 15 is 0 Å². The first-order chi connectivity index (χ1) is 26.1. The number of rotatable bonds is 1. The molecule has 1 aliphatic carbocycles. The van der Waals surface area contributed by atoms with Crippen LogP contribution in [0.4, 0.5) is 11.4 Å². The molecule has 2 nitrogen and oxygen atoms in total. The minimum absolute atomic E-state index is 0.00311. The second-order valence-electron chi connectivity index (χ2n) is 17.7. The first kappa shape index (κ1) is 31.1. The molecule has 3 aliphatic rings. The standard InChI is InChI=1S/C50H41BN2S/c1-28-15-18-30(19-16-28)53-40-22-20-34-31-11-9-10-14-42(31)54-48(34)45(40)44-33-13-8-7-12-32(33)43-35-26-36-37(50(5,6)24-23-49(36,3)4)27-41(35)52-39-21-17-29(2)25-38(39)51(53)46(44)47(43)52/h7-22,25-27H,23-24H2,1-6H3. The molecule has 0 amide bonds. The number of hydrogen-bond acceptors (Lipinski definition) is 2. The summed E-state index contributed by atoms with van der Waals surface area (Å²) in [5.41, 5.74) is 17.9. The maximum atomic E-state index is 2.69. The van der Waals surface area contributed by atoms with Crippen LogP contribution in [0.25, 0.3) is 69.6 Å². The lowest BCUT2D eigenvalue weighted by atomic mass is 9.43. The molecule has 0 unspecified atom stereocenters. The Kier molecular flexibility index (Phi) is 5.90. The molecule has 0 saturated carbocycles. The second-order valence-corrected chi connectivity index (χ2v) is 18.7. The number of thiophene rings is 1. The summed E-state index contributed by atoms with van der Waals surface area (Å²) in [5, 5.41) is 8.17. The van der Waals surface area contributed by atoms with Gasteiger partial charge in [-0.05, 0) is 118 Å². The highest BCUT2D eigenvalue weighted by molar-refractivity contribution is 7.26. The van der Waals surface area contributed by atoms with Crippen molar-refractivity contribution >= 4 is 93.2 Å². The summed E-state index contributed by atoms with van der Waals surface area (Å²) in [6.07, 6.45) is 2.40. The van der Waals surface area contributed by atoms with Crippen molar-refractivity contribution in [3.63, 3.8) is 0 Å². The van der Waals surface area contributed by atoms with Gasteiger partial charge in [-0.3, -0.25) is 0 Å². The summed E-state index contributed by atoms with van der Waals surface area (Å²) >= 11 is 1.95. The fourth-order valence-electron chi connectivity index (χ4n) is 10.7. The summed E-state index contributed by atoms with van der Waals surface area (Å²) in [7, 11) is 0. The Morgan fingerprint density at radius 1 is 0.593 bits per heavy atom. The third kappa shape index (κ3) is 3.82. The number of benzene rings is 7. The van der Waals surface area contributed by atoms with Crippen LogP contribution in [0.1, 0.15) is 62.8 Å². The number of anilines is 2. The van der Waals surface area contributed by atoms with Crippen LogP contribution in [0.5, 0.6) is 0 Å². The van der Waals surface area contributed by atoms with Crippen molar-refractivity contribution in [2.75, 3.05) is 4.81 Å². The fourth-order valence-corrected chi connectivity index (χ4v) is 12.0. The van der Waals surface area contributed by atoms with Crippen molar-refractivity contribution in [1.82, 2.24) is 4.57 Å². The van der Waals surface area contributed by atoms with E-state index in [0.29, 0.717) is 0 Å². The Morgan fingerprint density at radius 3 is 2.04 bits per heavy atom. The van der Waals surface area contributed by atoms with Crippen LogP contribution >= 0.6 is 11.3 Å². The topological polar surface area (TPSA) is 8.17 Å². The van der Waals surface area contributed by atoms with Crippen LogP contribution in [0.3, 0.4) is 0 Å². The van der Waals surface area contributed by atoms with Crippen molar-refractivity contribution in [1.29, 1.82) is 0 Å². The Balaban J connectivity index is 1.36. The van der Waals surface area contributed by atoms with E-state index in [1.807, 2.05) is 11.3 Å². The van der Waals surface area contributed by atoms with Crippen molar-refractivity contribution in [3.8, 4) is 16.8 Å². The molecule has 4 heteroatoms. The van der Waals surface area contributed by atoms with Gasteiger partial charge in [-0.1, -0.05) is 112 Å². The highest BCUT2D eigenvalue weighted by Gasteiger charge is 2.46. The number of aromatic nitrogens is 1. The third-order valence-corrected chi connectivity index (χ3v) is 14.7. The van der Waals surface area contributed by atoms with E-state index in [2.05, 4.69) is 166 Å². The smallest absolute Gasteiger partial charge is 0.333 e. The van der Waals surface area contributed by atoms with Gasteiger partial charge in [0.25, 0.3) is 0 Å². The van der Waals surface area contributed by atoms with Crippen molar-refractivity contribution < 1.29 is 0 Å². The minimum atomic E-state index is 0.00311. The molecule has 54 heavy (non-hydrogen) atoms. The Morgan fingerprint density at radius 2 is 1.26 bits per heavy atom. The average Bonchev–Trinajstić information content (AvgIpc) is 3.72. The van der Waals surface area contributed by atoms with Crippen molar-refractivity contribution in [2.24, 2.45) is 0 Å². The molecule has 0 fully saturated rings. The highest BCUT2D eigenvalue weighted by atomic mass is 32.1. The van der Waals surface area contributed by atoms with Gasteiger partial charge in [0.1, 0.15) is 0 Å². The van der Waals surface area contributed by atoms with Crippen molar-refractivity contribution in [3.05, 3.63) is 138 Å². The second kappa shape index (κ2) is 10.3. The normalized spacial score (nSPS) is 16.4. The van der Waals surface area contributed by atoms with Gasteiger partial charge < -0.3 is 9.38 Å². The zero-order valence-corrected chi connectivity index (χ0v) is 32.6. The summed E-state index contributed by atoms with van der Waals surface area (Å²) in [4.78, 5) is 2.69. The molecule has 2 aliphatic heterocycles. The molecule has 9 aromatic rings. The molecule has 0 N–H and O–H groups in total. The predicted octanol–water partition coefficient (Wildman–Crippen LogP) is 12.5. The molecule has 0 saturated heterocycles. The Hall–Kier alpha value is -5.32. The molecule has 0 spiro atoms. The first-order valence-electron chi connectivity index (χ1n) is 19.6. The maximum absolute atomic E-state index is 2.69. The molecule has 0 bridgehead atoms. The van der Waals surface area contributed by atoms with Crippen LogP contribution in [0.15, 0.2) is 115 Å².